The van der Waals surface area contributed by atoms with Crippen LogP contribution in [0, 0.1) is 0 Å². The smallest absolute Gasteiger partial charge is 0.345 e. The van der Waals surface area contributed by atoms with Gasteiger partial charge >= 0.3 is 5.97 Å². The van der Waals surface area contributed by atoms with Crippen LogP contribution in [0.3, 0.4) is 0 Å². The van der Waals surface area contributed by atoms with Crippen molar-refractivity contribution in [1.29, 1.82) is 0 Å². The van der Waals surface area contributed by atoms with E-state index < -0.39 is 17.1 Å². The molecule has 0 aromatic heterocycles. The molecule has 1 aliphatic heterocycles. The van der Waals surface area contributed by atoms with E-state index in [1.54, 1.807) is 36.4 Å². The first-order valence-corrected chi connectivity index (χ1v) is 12.5. The van der Waals surface area contributed by atoms with E-state index in [9.17, 15) is 14.4 Å². The van der Waals surface area contributed by atoms with Gasteiger partial charge in [0.15, 0.2) is 11.5 Å². The number of benzene rings is 3. The summed E-state index contributed by atoms with van der Waals surface area (Å²) in [5.74, 6) is -0.732. The van der Waals surface area contributed by atoms with Crippen LogP contribution in [-0.4, -0.2) is 29.1 Å². The molecule has 0 N–H and O–H groups in total. The fraction of sp³-hybridized carbons (Fsp3) is 0.0800. The van der Waals surface area contributed by atoms with Gasteiger partial charge in [-0.05, 0) is 71.4 Å². The molecular formula is C25H15Cl4NO5S. The van der Waals surface area contributed by atoms with Crippen LogP contribution in [0.5, 0.6) is 11.5 Å². The minimum Gasteiger partial charge on any atom is -0.493 e. The van der Waals surface area contributed by atoms with Crippen molar-refractivity contribution in [3.05, 3.63) is 96.3 Å². The second-order valence-corrected chi connectivity index (χ2v) is 10.1. The topological polar surface area (TPSA) is 72.9 Å². The molecule has 1 fully saturated rings. The molecule has 36 heavy (non-hydrogen) atoms. The number of halogens is 4. The first kappa shape index (κ1) is 26.4. The number of rotatable bonds is 6. The minimum atomic E-state index is -0.689. The summed E-state index contributed by atoms with van der Waals surface area (Å²) in [6, 6.07) is 14.1. The van der Waals surface area contributed by atoms with Crippen molar-refractivity contribution < 1.29 is 23.9 Å². The Morgan fingerprint density at radius 3 is 2.39 bits per heavy atom. The number of hydrogen-bond acceptors (Lipinski definition) is 6. The third-order valence-electron chi connectivity index (χ3n) is 5.04. The van der Waals surface area contributed by atoms with Gasteiger partial charge < -0.3 is 9.47 Å². The van der Waals surface area contributed by atoms with Crippen molar-refractivity contribution in [2.24, 2.45) is 0 Å². The van der Waals surface area contributed by atoms with Gasteiger partial charge in [-0.3, -0.25) is 14.5 Å². The van der Waals surface area contributed by atoms with Gasteiger partial charge in [0.2, 0.25) is 0 Å². The van der Waals surface area contributed by atoms with Gasteiger partial charge in [0.1, 0.15) is 0 Å². The summed E-state index contributed by atoms with van der Waals surface area (Å²) in [6.07, 6.45) is 1.56. The Kier molecular flexibility index (Phi) is 8.17. The molecule has 3 aromatic carbocycles. The summed E-state index contributed by atoms with van der Waals surface area (Å²) in [6.45, 7) is 0.0599. The zero-order chi connectivity index (χ0) is 26.0. The van der Waals surface area contributed by atoms with Crippen molar-refractivity contribution in [3.8, 4) is 11.5 Å². The van der Waals surface area contributed by atoms with Crippen LogP contribution in [-0.2, 0) is 11.3 Å². The Labute approximate surface area is 230 Å². The maximum atomic E-state index is 12.9. The summed E-state index contributed by atoms with van der Waals surface area (Å²) >= 11 is 24.8. The molecule has 1 aliphatic rings. The number of amides is 2. The van der Waals surface area contributed by atoms with E-state index in [4.69, 9.17) is 55.9 Å². The molecule has 1 saturated heterocycles. The number of thioether (sulfide) groups is 1. The first-order chi connectivity index (χ1) is 17.2. The number of imide groups is 1. The fourth-order valence-corrected chi connectivity index (χ4v) is 4.92. The number of ether oxygens (including phenoxy) is 2. The van der Waals surface area contributed by atoms with Crippen LogP contribution in [0.1, 0.15) is 21.5 Å². The Morgan fingerprint density at radius 2 is 1.69 bits per heavy atom. The highest BCUT2D eigenvalue weighted by atomic mass is 35.5. The molecule has 6 nitrogen and oxygen atoms in total. The standard InChI is InChI=1S/C25H15Cl4NO5S/c1-34-21-9-13(3-7-20(21)35-24(32)16-5-4-15(26)11-18(16)28)10-22-23(31)30(25(33)36-22)12-14-2-6-17(27)19(29)8-14/h2-11H,12H2,1H3/b22-10-. The van der Waals surface area contributed by atoms with Crippen molar-refractivity contribution in [1.82, 2.24) is 4.90 Å². The number of esters is 1. The third kappa shape index (κ3) is 5.82. The lowest BCUT2D eigenvalue weighted by Crippen LogP contribution is -2.27. The number of carbonyl (C=O) groups is 3. The molecule has 184 valence electrons. The van der Waals surface area contributed by atoms with Crippen molar-refractivity contribution in [2.75, 3.05) is 7.11 Å². The monoisotopic (exact) mass is 581 g/mol. The minimum absolute atomic E-state index is 0.0599. The maximum Gasteiger partial charge on any atom is 0.345 e. The van der Waals surface area contributed by atoms with Gasteiger partial charge in [-0.15, -0.1) is 0 Å². The molecule has 0 spiro atoms. The van der Waals surface area contributed by atoms with Crippen LogP contribution in [0.15, 0.2) is 59.5 Å². The first-order valence-electron chi connectivity index (χ1n) is 10.2. The molecule has 0 bridgehead atoms. The average Bonchev–Trinajstić information content (AvgIpc) is 3.09. The van der Waals surface area contributed by atoms with Crippen LogP contribution in [0.25, 0.3) is 6.08 Å². The average molecular weight is 583 g/mol. The molecular weight excluding hydrogens is 568 g/mol. The van der Waals surface area contributed by atoms with E-state index in [1.807, 2.05) is 0 Å². The summed E-state index contributed by atoms with van der Waals surface area (Å²) < 4.78 is 10.8. The molecule has 11 heteroatoms. The van der Waals surface area contributed by atoms with Crippen molar-refractivity contribution in [2.45, 2.75) is 6.54 Å². The largest absolute Gasteiger partial charge is 0.493 e. The van der Waals surface area contributed by atoms with Crippen LogP contribution >= 0.6 is 58.2 Å². The Balaban J connectivity index is 1.52. The number of methoxy groups -OCH3 is 1. The molecule has 0 radical (unpaired) electrons. The van der Waals surface area contributed by atoms with E-state index in [1.165, 1.54) is 31.4 Å². The van der Waals surface area contributed by atoms with E-state index in [-0.39, 0.29) is 33.5 Å². The van der Waals surface area contributed by atoms with Crippen LogP contribution in [0.2, 0.25) is 20.1 Å². The summed E-state index contributed by atoms with van der Waals surface area (Å²) in [5, 5.41) is 0.853. The highest BCUT2D eigenvalue weighted by Crippen LogP contribution is 2.36. The number of carbonyl (C=O) groups excluding carboxylic acids is 3. The SMILES string of the molecule is COc1cc(/C=C2\SC(=O)N(Cc3ccc(Cl)c(Cl)c3)C2=O)ccc1OC(=O)c1ccc(Cl)cc1Cl. The number of nitrogens with zero attached hydrogens (tertiary/aromatic N) is 1. The van der Waals surface area contributed by atoms with Gasteiger partial charge in [0.25, 0.3) is 11.1 Å². The summed E-state index contributed by atoms with van der Waals surface area (Å²) in [4.78, 5) is 39.3. The zero-order valence-electron chi connectivity index (χ0n) is 18.4. The lowest BCUT2D eigenvalue weighted by molar-refractivity contribution is -0.123. The Hall–Kier alpha value is -2.68. The second kappa shape index (κ2) is 11.2. The third-order valence-corrected chi connectivity index (χ3v) is 7.23. The normalized spacial score (nSPS) is 14.5. The highest BCUT2D eigenvalue weighted by molar-refractivity contribution is 8.18. The fourth-order valence-electron chi connectivity index (χ4n) is 3.28. The molecule has 0 unspecified atom stereocenters. The molecule has 2 amide bonds. The molecule has 0 saturated carbocycles. The molecule has 0 aliphatic carbocycles. The van der Waals surface area contributed by atoms with Crippen LogP contribution < -0.4 is 9.47 Å². The van der Waals surface area contributed by atoms with Crippen molar-refractivity contribution in [3.63, 3.8) is 0 Å². The Bertz CT molecular complexity index is 1430. The van der Waals surface area contributed by atoms with E-state index in [0.29, 0.717) is 26.2 Å². The lowest BCUT2D eigenvalue weighted by atomic mass is 10.1. The lowest BCUT2D eigenvalue weighted by Gasteiger charge is -2.13. The maximum absolute atomic E-state index is 12.9. The Morgan fingerprint density at radius 1 is 0.917 bits per heavy atom. The highest BCUT2D eigenvalue weighted by Gasteiger charge is 2.35. The van der Waals surface area contributed by atoms with Gasteiger partial charge in [-0.2, -0.15) is 0 Å². The second-order valence-electron chi connectivity index (χ2n) is 7.44. The van der Waals surface area contributed by atoms with Gasteiger partial charge in [-0.1, -0.05) is 58.5 Å². The summed E-state index contributed by atoms with van der Waals surface area (Å²) in [5.41, 5.74) is 1.38. The molecule has 1 heterocycles. The van der Waals surface area contributed by atoms with E-state index >= 15 is 0 Å². The van der Waals surface area contributed by atoms with E-state index in [0.717, 1.165) is 16.7 Å². The zero-order valence-corrected chi connectivity index (χ0v) is 22.2. The van der Waals surface area contributed by atoms with E-state index in [2.05, 4.69) is 0 Å². The van der Waals surface area contributed by atoms with Gasteiger partial charge in [0, 0.05) is 5.02 Å². The molecule has 0 atom stereocenters. The number of hydrogen-bond donors (Lipinski definition) is 0. The predicted molar refractivity (Wildman–Crippen MR) is 142 cm³/mol. The predicted octanol–water partition coefficient (Wildman–Crippen LogP) is 7.76. The molecule has 4 rings (SSSR count). The summed E-state index contributed by atoms with van der Waals surface area (Å²) in [7, 11) is 1.41. The quantitative estimate of drug-likeness (QED) is 0.168. The van der Waals surface area contributed by atoms with Gasteiger partial charge in [-0.25, -0.2) is 4.79 Å². The van der Waals surface area contributed by atoms with Crippen LogP contribution in [0.4, 0.5) is 4.79 Å². The van der Waals surface area contributed by atoms with Crippen molar-refractivity contribution >= 4 is 81.4 Å². The molecule has 3 aromatic rings. The van der Waals surface area contributed by atoms with Gasteiger partial charge in [0.05, 0.1) is 39.2 Å².